The first kappa shape index (κ1) is 27.9. The SMILES string of the molecule is CN(C)CCCNC(=O)c1ccccc1N.CN(C)CCCOC(=O)/C=C/c1ccccc1. The number of rotatable bonds is 11. The van der Waals surface area contributed by atoms with Crippen molar-refractivity contribution in [3.63, 3.8) is 0 Å². The van der Waals surface area contributed by atoms with Gasteiger partial charge in [0.05, 0.1) is 12.2 Å². The smallest absolute Gasteiger partial charge is 0.330 e. The van der Waals surface area contributed by atoms with Crippen molar-refractivity contribution in [3.8, 4) is 0 Å². The van der Waals surface area contributed by atoms with Gasteiger partial charge in [-0.25, -0.2) is 4.79 Å². The monoisotopic (exact) mass is 454 g/mol. The van der Waals surface area contributed by atoms with Crippen LogP contribution in [0, 0.1) is 0 Å². The van der Waals surface area contributed by atoms with E-state index in [-0.39, 0.29) is 11.9 Å². The Morgan fingerprint density at radius 2 is 1.52 bits per heavy atom. The Labute approximate surface area is 198 Å². The van der Waals surface area contributed by atoms with E-state index in [1.165, 1.54) is 6.08 Å². The highest BCUT2D eigenvalue weighted by Crippen LogP contribution is 2.09. The highest BCUT2D eigenvalue weighted by Gasteiger charge is 2.07. The van der Waals surface area contributed by atoms with E-state index in [4.69, 9.17) is 10.5 Å². The van der Waals surface area contributed by atoms with Crippen molar-refractivity contribution in [3.05, 3.63) is 71.8 Å². The summed E-state index contributed by atoms with van der Waals surface area (Å²) in [5, 5.41) is 2.85. The maximum atomic E-state index is 11.7. The minimum absolute atomic E-state index is 0.100. The molecule has 0 saturated carbocycles. The van der Waals surface area contributed by atoms with Crippen LogP contribution in [0.1, 0.15) is 28.8 Å². The number of esters is 1. The van der Waals surface area contributed by atoms with Crippen LogP contribution >= 0.6 is 0 Å². The third kappa shape index (κ3) is 13.8. The summed E-state index contributed by atoms with van der Waals surface area (Å²) in [6.45, 7) is 3.03. The van der Waals surface area contributed by atoms with Gasteiger partial charge in [0.2, 0.25) is 0 Å². The molecule has 0 atom stereocenters. The second-order valence-electron chi connectivity index (χ2n) is 8.07. The lowest BCUT2D eigenvalue weighted by Gasteiger charge is -2.10. The lowest BCUT2D eigenvalue weighted by Crippen LogP contribution is -2.27. The predicted molar refractivity (Wildman–Crippen MR) is 136 cm³/mol. The van der Waals surface area contributed by atoms with Crippen molar-refractivity contribution >= 4 is 23.6 Å². The van der Waals surface area contributed by atoms with Gasteiger partial charge in [0, 0.05) is 24.9 Å². The number of para-hydroxylation sites is 1. The first-order chi connectivity index (χ1) is 15.8. The Morgan fingerprint density at radius 1 is 0.909 bits per heavy atom. The van der Waals surface area contributed by atoms with E-state index in [0.29, 0.717) is 24.4 Å². The molecular formula is C26H38N4O3. The largest absolute Gasteiger partial charge is 0.462 e. The molecule has 0 spiro atoms. The molecule has 3 N–H and O–H groups in total. The molecule has 0 saturated heterocycles. The maximum Gasteiger partial charge on any atom is 0.330 e. The molecular weight excluding hydrogens is 416 g/mol. The average Bonchev–Trinajstić information content (AvgIpc) is 2.79. The van der Waals surface area contributed by atoms with Crippen LogP contribution < -0.4 is 11.1 Å². The number of hydrogen-bond acceptors (Lipinski definition) is 6. The van der Waals surface area contributed by atoms with E-state index < -0.39 is 0 Å². The maximum absolute atomic E-state index is 11.7. The standard InChI is InChI=1S/C14H19NO2.C12H19N3O/c1-15(2)11-6-12-17-14(16)10-9-13-7-4-3-5-8-13;1-15(2)9-5-8-14-12(16)10-6-3-4-7-11(10)13/h3-5,7-10H,6,11-12H2,1-2H3;3-4,6-7H,5,8-9,13H2,1-2H3,(H,14,16)/b10-9+;. The zero-order valence-corrected chi connectivity index (χ0v) is 20.3. The summed E-state index contributed by atoms with van der Waals surface area (Å²) in [5.74, 6) is -0.385. The highest BCUT2D eigenvalue weighted by atomic mass is 16.5. The number of nitrogens with one attached hydrogen (secondary N) is 1. The van der Waals surface area contributed by atoms with Crippen LogP contribution in [0.2, 0.25) is 0 Å². The Bertz CT molecular complexity index is 852. The summed E-state index contributed by atoms with van der Waals surface area (Å²) >= 11 is 0. The lowest BCUT2D eigenvalue weighted by molar-refractivity contribution is -0.137. The zero-order valence-electron chi connectivity index (χ0n) is 20.3. The number of carbonyl (C=O) groups excluding carboxylic acids is 2. The summed E-state index contributed by atoms with van der Waals surface area (Å²) in [6.07, 6.45) is 5.02. The van der Waals surface area contributed by atoms with Crippen molar-refractivity contribution in [2.24, 2.45) is 0 Å². The zero-order chi connectivity index (χ0) is 24.5. The first-order valence-electron chi connectivity index (χ1n) is 11.1. The predicted octanol–water partition coefficient (Wildman–Crippen LogP) is 3.15. The van der Waals surface area contributed by atoms with Gasteiger partial charge in [-0.15, -0.1) is 0 Å². The fourth-order valence-electron chi connectivity index (χ4n) is 2.73. The second-order valence-corrected chi connectivity index (χ2v) is 8.07. The van der Waals surface area contributed by atoms with Gasteiger partial charge in [-0.05, 0) is 71.3 Å². The topological polar surface area (TPSA) is 87.9 Å². The van der Waals surface area contributed by atoms with E-state index in [1.807, 2.05) is 70.7 Å². The number of nitrogens with two attached hydrogens (primary N) is 1. The van der Waals surface area contributed by atoms with Crippen LogP contribution in [-0.2, 0) is 9.53 Å². The fourth-order valence-corrected chi connectivity index (χ4v) is 2.73. The lowest BCUT2D eigenvalue weighted by atomic mass is 10.1. The van der Waals surface area contributed by atoms with Crippen LogP contribution in [0.5, 0.6) is 0 Å². The summed E-state index contributed by atoms with van der Waals surface area (Å²) in [7, 11) is 8.02. The molecule has 0 radical (unpaired) electrons. The van der Waals surface area contributed by atoms with E-state index in [1.54, 1.807) is 18.2 Å². The van der Waals surface area contributed by atoms with Gasteiger partial charge in [0.1, 0.15) is 0 Å². The van der Waals surface area contributed by atoms with Crippen LogP contribution in [0.25, 0.3) is 6.08 Å². The Kier molecular flexibility index (Phi) is 13.9. The van der Waals surface area contributed by atoms with Gasteiger partial charge in [-0.2, -0.15) is 0 Å². The van der Waals surface area contributed by atoms with Gasteiger partial charge in [0.25, 0.3) is 5.91 Å². The minimum atomic E-state index is -0.285. The third-order valence-corrected chi connectivity index (χ3v) is 4.48. The number of nitrogen functional groups attached to an aromatic ring is 1. The van der Waals surface area contributed by atoms with Crippen molar-refractivity contribution in [2.45, 2.75) is 12.8 Å². The van der Waals surface area contributed by atoms with Crippen LogP contribution in [0.3, 0.4) is 0 Å². The second kappa shape index (κ2) is 16.5. The molecule has 0 aromatic heterocycles. The van der Waals surface area contributed by atoms with E-state index in [9.17, 15) is 9.59 Å². The molecule has 0 aliphatic carbocycles. The number of amides is 1. The number of benzene rings is 2. The molecule has 0 bridgehead atoms. The van der Waals surface area contributed by atoms with E-state index in [2.05, 4.69) is 15.1 Å². The molecule has 0 heterocycles. The fraction of sp³-hybridized carbons (Fsp3) is 0.385. The number of hydrogen-bond donors (Lipinski definition) is 2. The number of carbonyl (C=O) groups is 2. The van der Waals surface area contributed by atoms with Crippen molar-refractivity contribution in [1.29, 1.82) is 0 Å². The molecule has 2 rings (SSSR count). The van der Waals surface area contributed by atoms with Crippen molar-refractivity contribution < 1.29 is 14.3 Å². The minimum Gasteiger partial charge on any atom is -0.462 e. The van der Waals surface area contributed by atoms with Gasteiger partial charge in [-0.1, -0.05) is 42.5 Å². The quantitative estimate of drug-likeness (QED) is 0.235. The molecule has 0 unspecified atom stereocenters. The van der Waals surface area contributed by atoms with E-state index >= 15 is 0 Å². The summed E-state index contributed by atoms with van der Waals surface area (Å²) in [4.78, 5) is 27.2. The highest BCUT2D eigenvalue weighted by molar-refractivity contribution is 5.99. The van der Waals surface area contributed by atoms with Crippen LogP contribution in [-0.4, -0.2) is 76.1 Å². The molecule has 0 fully saturated rings. The number of nitrogens with zero attached hydrogens (tertiary/aromatic N) is 2. The summed E-state index contributed by atoms with van der Waals surface area (Å²) in [6, 6.07) is 16.8. The molecule has 1 amide bonds. The molecule has 7 nitrogen and oxygen atoms in total. The van der Waals surface area contributed by atoms with Gasteiger partial charge >= 0.3 is 5.97 Å². The van der Waals surface area contributed by atoms with E-state index in [0.717, 1.165) is 31.5 Å². The number of anilines is 1. The van der Waals surface area contributed by atoms with Crippen molar-refractivity contribution in [1.82, 2.24) is 15.1 Å². The first-order valence-corrected chi connectivity index (χ1v) is 11.1. The Hall–Kier alpha value is -3.16. The van der Waals surface area contributed by atoms with Crippen LogP contribution in [0.4, 0.5) is 5.69 Å². The normalized spacial score (nSPS) is 10.7. The summed E-state index contributed by atoms with van der Waals surface area (Å²) in [5.41, 5.74) is 7.77. The third-order valence-electron chi connectivity index (χ3n) is 4.48. The molecule has 2 aromatic carbocycles. The molecule has 0 aliphatic rings. The average molecular weight is 455 g/mol. The van der Waals surface area contributed by atoms with Crippen LogP contribution in [0.15, 0.2) is 60.7 Å². The Morgan fingerprint density at radius 3 is 2.15 bits per heavy atom. The Balaban J connectivity index is 0.000000331. The van der Waals surface area contributed by atoms with Gasteiger partial charge in [-0.3, -0.25) is 4.79 Å². The van der Waals surface area contributed by atoms with Gasteiger partial charge in [0.15, 0.2) is 0 Å². The molecule has 0 aliphatic heterocycles. The van der Waals surface area contributed by atoms with Gasteiger partial charge < -0.3 is 25.6 Å². The molecule has 7 heteroatoms. The molecule has 33 heavy (non-hydrogen) atoms. The van der Waals surface area contributed by atoms with Crippen molar-refractivity contribution in [2.75, 3.05) is 60.2 Å². The number of ether oxygens (including phenoxy) is 1. The molecule has 2 aromatic rings. The molecule has 180 valence electrons. The summed E-state index contributed by atoms with van der Waals surface area (Å²) < 4.78 is 5.06.